The molecule has 0 aromatic heterocycles. The number of likely N-dealkylation sites (tertiary alicyclic amines) is 1. The Kier molecular flexibility index (Phi) is 5.63. The minimum Gasteiger partial charge on any atom is -0.493 e. The zero-order valence-corrected chi connectivity index (χ0v) is 21.6. The first kappa shape index (κ1) is 25.2. The molecule has 5 atom stereocenters. The van der Waals surface area contributed by atoms with Crippen molar-refractivity contribution in [3.63, 3.8) is 0 Å². The molecular formula is C29H31F3N2O4. The topological polar surface area (TPSA) is 62.2 Å². The molecule has 4 aliphatic rings. The van der Waals surface area contributed by atoms with E-state index in [0.29, 0.717) is 36.3 Å². The Labute approximate surface area is 219 Å². The molecule has 2 fully saturated rings. The lowest BCUT2D eigenvalue weighted by atomic mass is 9.48. The average molecular weight is 529 g/mol. The van der Waals surface area contributed by atoms with E-state index in [0.717, 1.165) is 36.2 Å². The fraction of sp³-hybridized carbons (Fsp3) is 0.483. The van der Waals surface area contributed by atoms with Crippen molar-refractivity contribution < 1.29 is 32.5 Å². The Bertz CT molecular complexity index is 1310. The standard InChI is InChI=1S/C29H31F3N2O4/c1-33-15-14-27-24-18-7-10-21(37-3)25(24)38-26(27)20(12-13-28(27,36)22(33)16-18)34(2)23(35)11-6-17-4-8-19(9-5-17)29(30,31)32/h4-11,20,22,26,36H,12-16H2,1-3H3/t20-,22+,26-,27-,28+/m0/s1. The lowest BCUT2D eigenvalue weighted by Gasteiger charge is -2.64. The molecule has 2 aliphatic heterocycles. The van der Waals surface area contributed by atoms with E-state index in [1.807, 2.05) is 6.07 Å². The number of piperidine rings is 1. The first-order valence-corrected chi connectivity index (χ1v) is 12.9. The predicted octanol–water partition coefficient (Wildman–Crippen LogP) is 4.04. The van der Waals surface area contributed by atoms with E-state index in [9.17, 15) is 23.1 Å². The number of aliphatic hydroxyl groups is 1. The minimum atomic E-state index is -4.41. The molecule has 1 N–H and O–H groups in total. The van der Waals surface area contributed by atoms with Crippen LogP contribution >= 0.6 is 0 Å². The number of rotatable bonds is 4. The van der Waals surface area contributed by atoms with Crippen LogP contribution in [0.3, 0.4) is 0 Å². The molecule has 6 rings (SSSR count). The number of nitrogens with zero attached hydrogens (tertiary/aromatic N) is 2. The molecule has 1 saturated carbocycles. The number of carbonyl (C=O) groups excluding carboxylic acids is 1. The second kappa shape index (κ2) is 8.48. The molecule has 2 aromatic carbocycles. The lowest BCUT2D eigenvalue weighted by Crippen LogP contribution is -2.77. The maximum Gasteiger partial charge on any atom is 0.416 e. The second-order valence-electron chi connectivity index (χ2n) is 11.0. The summed E-state index contributed by atoms with van der Waals surface area (Å²) < 4.78 is 50.9. The van der Waals surface area contributed by atoms with Crippen molar-refractivity contribution in [2.24, 2.45) is 0 Å². The van der Waals surface area contributed by atoms with Crippen molar-refractivity contribution in [1.82, 2.24) is 9.80 Å². The highest BCUT2D eigenvalue weighted by molar-refractivity contribution is 5.92. The fourth-order valence-electron chi connectivity index (χ4n) is 7.51. The van der Waals surface area contributed by atoms with Crippen molar-refractivity contribution in [3.05, 3.63) is 64.7 Å². The summed E-state index contributed by atoms with van der Waals surface area (Å²) in [5, 5.41) is 12.4. The van der Waals surface area contributed by atoms with Gasteiger partial charge in [-0.05, 0) is 74.7 Å². The van der Waals surface area contributed by atoms with Crippen LogP contribution in [0.1, 0.15) is 41.5 Å². The van der Waals surface area contributed by atoms with E-state index in [4.69, 9.17) is 9.47 Å². The molecule has 1 amide bonds. The number of hydrogen-bond donors (Lipinski definition) is 1. The molecule has 2 aromatic rings. The maximum atomic E-state index is 13.3. The fourth-order valence-corrected chi connectivity index (χ4v) is 7.51. The first-order chi connectivity index (χ1) is 18.0. The summed E-state index contributed by atoms with van der Waals surface area (Å²) in [6.07, 6.45) is 0.574. The van der Waals surface area contributed by atoms with Gasteiger partial charge in [-0.2, -0.15) is 13.2 Å². The number of amides is 1. The van der Waals surface area contributed by atoms with E-state index >= 15 is 0 Å². The third-order valence-electron chi connectivity index (χ3n) is 9.40. The average Bonchev–Trinajstić information content (AvgIpc) is 3.24. The quantitative estimate of drug-likeness (QED) is 0.608. The highest BCUT2D eigenvalue weighted by Gasteiger charge is 2.73. The van der Waals surface area contributed by atoms with E-state index < -0.39 is 28.9 Å². The van der Waals surface area contributed by atoms with Crippen molar-refractivity contribution in [2.45, 2.75) is 61.1 Å². The minimum absolute atomic E-state index is 0.0456. The molecule has 2 heterocycles. The number of carbonyl (C=O) groups is 1. The van der Waals surface area contributed by atoms with Crippen LogP contribution in [0, 0.1) is 0 Å². The van der Waals surface area contributed by atoms with Gasteiger partial charge >= 0.3 is 6.18 Å². The molecule has 2 bridgehead atoms. The Hall–Kier alpha value is -3.04. The first-order valence-electron chi connectivity index (χ1n) is 12.9. The van der Waals surface area contributed by atoms with E-state index in [1.54, 1.807) is 19.1 Å². The number of ether oxygens (including phenoxy) is 2. The molecular weight excluding hydrogens is 497 g/mol. The molecule has 1 saturated heterocycles. The second-order valence-corrected chi connectivity index (χ2v) is 11.0. The van der Waals surface area contributed by atoms with Crippen LogP contribution in [0.5, 0.6) is 11.5 Å². The summed E-state index contributed by atoms with van der Waals surface area (Å²) in [7, 11) is 5.39. The summed E-state index contributed by atoms with van der Waals surface area (Å²) in [6, 6.07) is 8.34. The van der Waals surface area contributed by atoms with Crippen molar-refractivity contribution in [3.8, 4) is 11.5 Å². The van der Waals surface area contributed by atoms with Crippen LogP contribution in [-0.4, -0.2) is 72.4 Å². The number of hydrogen-bond acceptors (Lipinski definition) is 5. The van der Waals surface area contributed by atoms with Crippen LogP contribution in [0.2, 0.25) is 0 Å². The number of halogens is 3. The van der Waals surface area contributed by atoms with Gasteiger partial charge in [0.25, 0.3) is 0 Å². The Morgan fingerprint density at radius 3 is 2.63 bits per heavy atom. The molecule has 202 valence electrons. The van der Waals surface area contributed by atoms with Gasteiger partial charge in [-0.1, -0.05) is 18.2 Å². The smallest absolute Gasteiger partial charge is 0.416 e. The highest BCUT2D eigenvalue weighted by Crippen LogP contribution is 2.65. The van der Waals surface area contributed by atoms with Crippen LogP contribution in [0.4, 0.5) is 13.2 Å². The molecule has 9 heteroatoms. The Morgan fingerprint density at radius 2 is 1.95 bits per heavy atom. The molecule has 0 unspecified atom stereocenters. The van der Waals surface area contributed by atoms with Crippen molar-refractivity contribution >= 4 is 12.0 Å². The highest BCUT2D eigenvalue weighted by atomic mass is 19.4. The van der Waals surface area contributed by atoms with E-state index in [2.05, 4.69) is 18.0 Å². The number of alkyl halides is 3. The SMILES string of the molecule is COc1ccc2c3c1O[C@H]1[C@@H](N(C)C(=O)C=Cc4ccc(C(F)(F)F)cc4)CC[C@@]4(O)[C@@H](C2)N(C)CC[C@]314. The van der Waals surface area contributed by atoms with Crippen molar-refractivity contribution in [1.29, 1.82) is 0 Å². The monoisotopic (exact) mass is 528 g/mol. The Balaban J connectivity index is 1.32. The van der Waals surface area contributed by atoms with E-state index in [1.165, 1.54) is 24.3 Å². The number of methoxy groups -OCH3 is 1. The molecule has 6 nitrogen and oxygen atoms in total. The van der Waals surface area contributed by atoms with Gasteiger partial charge in [-0.15, -0.1) is 0 Å². The molecule has 0 radical (unpaired) electrons. The third-order valence-corrected chi connectivity index (χ3v) is 9.40. The van der Waals surface area contributed by atoms with E-state index in [-0.39, 0.29) is 18.0 Å². The van der Waals surface area contributed by atoms with Gasteiger partial charge in [0.05, 0.1) is 29.7 Å². The van der Waals surface area contributed by atoms with Gasteiger partial charge in [-0.25, -0.2) is 0 Å². The lowest BCUT2D eigenvalue weighted by molar-refractivity contribution is -0.195. The molecule has 2 aliphatic carbocycles. The summed E-state index contributed by atoms with van der Waals surface area (Å²) in [4.78, 5) is 17.2. The van der Waals surface area contributed by atoms with Crippen molar-refractivity contribution in [2.75, 3.05) is 27.7 Å². The molecule has 1 spiro atoms. The van der Waals surface area contributed by atoms with Gasteiger partial charge < -0.3 is 24.4 Å². The van der Waals surface area contributed by atoms with Gasteiger partial charge in [0.15, 0.2) is 11.5 Å². The predicted molar refractivity (Wildman–Crippen MR) is 135 cm³/mol. The third kappa shape index (κ3) is 3.37. The van der Waals surface area contributed by atoms with Gasteiger partial charge in [0.2, 0.25) is 5.91 Å². The zero-order chi connectivity index (χ0) is 27.0. The van der Waals surface area contributed by atoms with Gasteiger partial charge in [-0.3, -0.25) is 4.79 Å². The van der Waals surface area contributed by atoms with Crippen LogP contribution in [0.25, 0.3) is 6.08 Å². The summed E-state index contributed by atoms with van der Waals surface area (Å²) in [5.41, 5.74) is 0.299. The number of likely N-dealkylation sites (N-methyl/N-ethyl adjacent to an activating group) is 2. The maximum absolute atomic E-state index is 13.3. The summed E-state index contributed by atoms with van der Waals surface area (Å²) in [5.74, 6) is 1.02. The van der Waals surface area contributed by atoms with Gasteiger partial charge in [0, 0.05) is 24.7 Å². The van der Waals surface area contributed by atoms with Gasteiger partial charge in [0.1, 0.15) is 6.10 Å². The largest absolute Gasteiger partial charge is 0.493 e. The summed E-state index contributed by atoms with van der Waals surface area (Å²) in [6.45, 7) is 0.807. The van der Waals surface area contributed by atoms with Crippen LogP contribution in [0.15, 0.2) is 42.5 Å². The normalized spacial score (nSPS) is 31.6. The Morgan fingerprint density at radius 1 is 1.21 bits per heavy atom. The molecule has 38 heavy (non-hydrogen) atoms. The van der Waals surface area contributed by atoms with Crippen LogP contribution < -0.4 is 9.47 Å². The van der Waals surface area contributed by atoms with Crippen LogP contribution in [-0.2, 0) is 22.8 Å². The zero-order valence-electron chi connectivity index (χ0n) is 21.6. The summed E-state index contributed by atoms with van der Waals surface area (Å²) >= 11 is 0. The number of benzene rings is 2.